The maximum absolute atomic E-state index is 13.2. The number of pyridine rings is 1. The largest absolute Gasteiger partial charge is 0.316 e. The molecule has 1 aromatic heterocycles. The van der Waals surface area contributed by atoms with Gasteiger partial charge in [-0.15, -0.1) is 0 Å². The van der Waals surface area contributed by atoms with Gasteiger partial charge in [-0.3, -0.25) is 4.98 Å². The molecule has 0 spiro atoms. The third-order valence-corrected chi connectivity index (χ3v) is 2.65. The Hall–Kier alpha value is -1.74. The Kier molecular flexibility index (Phi) is 3.83. The molecule has 1 heterocycles. The van der Waals surface area contributed by atoms with Crippen molar-refractivity contribution in [3.8, 4) is 0 Å². The van der Waals surface area contributed by atoms with E-state index in [1.165, 1.54) is 6.07 Å². The maximum Gasteiger partial charge on any atom is 0.123 e. The molecule has 0 saturated heterocycles. The van der Waals surface area contributed by atoms with Crippen LogP contribution in [0.3, 0.4) is 0 Å². The number of nitrogens with one attached hydrogen (secondary N) is 1. The second kappa shape index (κ2) is 5.55. The lowest BCUT2D eigenvalue weighted by atomic mass is 10.0. The molecule has 0 aliphatic carbocycles. The third-order valence-electron chi connectivity index (χ3n) is 2.65. The summed E-state index contributed by atoms with van der Waals surface area (Å²) < 4.78 is 13.2. The van der Waals surface area contributed by atoms with Crippen LogP contribution in [-0.4, -0.2) is 12.0 Å². The van der Waals surface area contributed by atoms with E-state index in [1.807, 2.05) is 31.4 Å². The Morgan fingerprint density at radius 1 is 1.24 bits per heavy atom. The molecule has 2 aromatic rings. The van der Waals surface area contributed by atoms with Crippen LogP contribution < -0.4 is 5.32 Å². The zero-order chi connectivity index (χ0) is 12.1. The molecule has 0 radical (unpaired) electrons. The average molecular weight is 230 g/mol. The van der Waals surface area contributed by atoms with Crippen LogP contribution in [-0.2, 0) is 13.0 Å². The molecule has 2 rings (SSSR count). The van der Waals surface area contributed by atoms with E-state index in [4.69, 9.17) is 0 Å². The van der Waals surface area contributed by atoms with E-state index in [9.17, 15) is 4.39 Å². The first-order chi connectivity index (χ1) is 8.29. The minimum atomic E-state index is -0.190. The highest BCUT2D eigenvalue weighted by molar-refractivity contribution is 5.32. The number of nitrogens with zero attached hydrogens (tertiary/aromatic N) is 1. The summed E-state index contributed by atoms with van der Waals surface area (Å²) >= 11 is 0. The zero-order valence-corrected chi connectivity index (χ0v) is 9.78. The minimum absolute atomic E-state index is 0.190. The summed E-state index contributed by atoms with van der Waals surface area (Å²) in [6.45, 7) is 0.674. The summed E-state index contributed by atoms with van der Waals surface area (Å²) in [7, 11) is 1.86. The van der Waals surface area contributed by atoms with Crippen molar-refractivity contribution in [2.75, 3.05) is 7.05 Å². The SMILES string of the molecule is CNCc1cc(F)ccc1Cc1cccnc1. The van der Waals surface area contributed by atoms with E-state index in [0.29, 0.717) is 6.54 Å². The van der Waals surface area contributed by atoms with Crippen molar-refractivity contribution in [2.24, 2.45) is 0 Å². The molecule has 3 heteroatoms. The van der Waals surface area contributed by atoms with Crippen molar-refractivity contribution < 1.29 is 4.39 Å². The summed E-state index contributed by atoms with van der Waals surface area (Å²) in [5.41, 5.74) is 3.27. The highest BCUT2D eigenvalue weighted by Gasteiger charge is 2.04. The van der Waals surface area contributed by atoms with E-state index >= 15 is 0 Å². The van der Waals surface area contributed by atoms with Crippen LogP contribution in [0.15, 0.2) is 42.7 Å². The van der Waals surface area contributed by atoms with Gasteiger partial charge in [-0.05, 0) is 48.4 Å². The molecule has 1 N–H and O–H groups in total. The van der Waals surface area contributed by atoms with E-state index in [1.54, 1.807) is 12.3 Å². The molecule has 17 heavy (non-hydrogen) atoms. The lowest BCUT2D eigenvalue weighted by Crippen LogP contribution is -2.08. The summed E-state index contributed by atoms with van der Waals surface area (Å²) in [5.74, 6) is -0.190. The molecular weight excluding hydrogens is 215 g/mol. The Morgan fingerprint density at radius 2 is 2.12 bits per heavy atom. The van der Waals surface area contributed by atoms with Gasteiger partial charge in [-0.1, -0.05) is 12.1 Å². The monoisotopic (exact) mass is 230 g/mol. The molecule has 88 valence electrons. The predicted octanol–water partition coefficient (Wildman–Crippen LogP) is 2.53. The predicted molar refractivity (Wildman–Crippen MR) is 66.2 cm³/mol. The second-order valence-corrected chi connectivity index (χ2v) is 3.98. The third kappa shape index (κ3) is 3.11. The van der Waals surface area contributed by atoms with Gasteiger partial charge >= 0.3 is 0 Å². The molecule has 0 amide bonds. The average Bonchev–Trinajstić information content (AvgIpc) is 2.34. The summed E-state index contributed by atoms with van der Waals surface area (Å²) in [6.07, 6.45) is 4.38. The van der Waals surface area contributed by atoms with Gasteiger partial charge in [0.15, 0.2) is 0 Å². The molecule has 2 nitrogen and oxygen atoms in total. The lowest BCUT2D eigenvalue weighted by molar-refractivity contribution is 0.622. The first-order valence-electron chi connectivity index (χ1n) is 5.60. The van der Waals surface area contributed by atoms with E-state index in [-0.39, 0.29) is 5.82 Å². The second-order valence-electron chi connectivity index (χ2n) is 3.98. The molecule has 0 atom stereocenters. The summed E-state index contributed by atoms with van der Waals surface area (Å²) in [6, 6.07) is 8.87. The van der Waals surface area contributed by atoms with Crippen LogP contribution in [0.5, 0.6) is 0 Å². The van der Waals surface area contributed by atoms with Crippen molar-refractivity contribution in [2.45, 2.75) is 13.0 Å². The standard InChI is InChI=1S/C14H15FN2/c1-16-10-13-8-14(15)5-4-12(13)7-11-3-2-6-17-9-11/h2-6,8-9,16H,7,10H2,1H3. The van der Waals surface area contributed by atoms with Gasteiger partial charge in [0, 0.05) is 18.9 Å². The lowest BCUT2D eigenvalue weighted by Gasteiger charge is -2.09. The molecule has 0 aliphatic rings. The van der Waals surface area contributed by atoms with Crippen LogP contribution in [0.25, 0.3) is 0 Å². The Bertz CT molecular complexity index is 483. The highest BCUT2D eigenvalue weighted by Crippen LogP contribution is 2.15. The molecular formula is C14H15FN2. The van der Waals surface area contributed by atoms with Gasteiger partial charge in [-0.2, -0.15) is 0 Å². The number of hydrogen-bond donors (Lipinski definition) is 1. The van der Waals surface area contributed by atoms with Crippen LogP contribution in [0.1, 0.15) is 16.7 Å². The first-order valence-corrected chi connectivity index (χ1v) is 5.60. The van der Waals surface area contributed by atoms with Gasteiger partial charge in [0.05, 0.1) is 0 Å². The van der Waals surface area contributed by atoms with E-state index < -0.39 is 0 Å². The first kappa shape index (κ1) is 11.7. The molecule has 0 unspecified atom stereocenters. The number of aromatic nitrogens is 1. The molecule has 1 aromatic carbocycles. The van der Waals surface area contributed by atoms with Crippen molar-refractivity contribution in [3.63, 3.8) is 0 Å². The van der Waals surface area contributed by atoms with Gasteiger partial charge in [0.1, 0.15) is 5.82 Å². The van der Waals surface area contributed by atoms with Gasteiger partial charge in [-0.25, -0.2) is 4.39 Å². The highest BCUT2D eigenvalue weighted by atomic mass is 19.1. The quantitative estimate of drug-likeness (QED) is 0.873. The van der Waals surface area contributed by atoms with Crippen molar-refractivity contribution in [1.82, 2.24) is 10.3 Å². The minimum Gasteiger partial charge on any atom is -0.316 e. The topological polar surface area (TPSA) is 24.9 Å². The Balaban J connectivity index is 2.26. The fourth-order valence-electron chi connectivity index (χ4n) is 1.84. The van der Waals surface area contributed by atoms with Crippen LogP contribution >= 0.6 is 0 Å². The molecule has 0 aliphatic heterocycles. The molecule has 0 bridgehead atoms. The number of rotatable bonds is 4. The van der Waals surface area contributed by atoms with Crippen LogP contribution in [0, 0.1) is 5.82 Å². The Morgan fingerprint density at radius 3 is 2.82 bits per heavy atom. The van der Waals surface area contributed by atoms with Crippen molar-refractivity contribution in [1.29, 1.82) is 0 Å². The van der Waals surface area contributed by atoms with Crippen molar-refractivity contribution in [3.05, 3.63) is 65.2 Å². The summed E-state index contributed by atoms with van der Waals surface area (Å²) in [5, 5.41) is 3.06. The normalized spacial score (nSPS) is 10.5. The number of benzene rings is 1. The van der Waals surface area contributed by atoms with Crippen LogP contribution in [0.4, 0.5) is 4.39 Å². The van der Waals surface area contributed by atoms with Crippen molar-refractivity contribution >= 4 is 0 Å². The summed E-state index contributed by atoms with van der Waals surface area (Å²) in [4.78, 5) is 4.08. The molecule has 0 saturated carbocycles. The van der Waals surface area contributed by atoms with Crippen LogP contribution in [0.2, 0.25) is 0 Å². The smallest absolute Gasteiger partial charge is 0.123 e. The van der Waals surface area contributed by atoms with E-state index in [0.717, 1.165) is 23.1 Å². The molecule has 0 fully saturated rings. The van der Waals surface area contributed by atoms with E-state index in [2.05, 4.69) is 10.3 Å². The zero-order valence-electron chi connectivity index (χ0n) is 9.78. The number of hydrogen-bond acceptors (Lipinski definition) is 2. The maximum atomic E-state index is 13.2. The van der Waals surface area contributed by atoms with Gasteiger partial charge < -0.3 is 5.32 Å². The Labute approximate surface area is 101 Å². The van der Waals surface area contributed by atoms with Gasteiger partial charge in [0.2, 0.25) is 0 Å². The number of halogens is 1. The fourth-order valence-corrected chi connectivity index (χ4v) is 1.84. The van der Waals surface area contributed by atoms with Gasteiger partial charge in [0.25, 0.3) is 0 Å². The fraction of sp³-hybridized carbons (Fsp3) is 0.214.